The fourth-order valence-electron chi connectivity index (χ4n) is 10.2. The van der Waals surface area contributed by atoms with Crippen molar-refractivity contribution < 1.29 is 12.6 Å². The summed E-state index contributed by atoms with van der Waals surface area (Å²) in [6.07, 6.45) is 0. The molecule has 0 fully saturated rings. The van der Waals surface area contributed by atoms with E-state index >= 15 is 4.21 Å². The molecule has 2 heterocycles. The summed E-state index contributed by atoms with van der Waals surface area (Å²) in [6.45, 7) is 21.9. The summed E-state index contributed by atoms with van der Waals surface area (Å²) in [5.74, 6) is 4.48. The Balaban J connectivity index is 1.34. The molecular weight excluding hydrogens is 749 g/mol. The third-order valence-electron chi connectivity index (χ3n) is 13.0. The molecule has 0 N–H and O–H groups in total. The zero-order chi connectivity index (χ0) is 41.2. The first-order chi connectivity index (χ1) is 27.2. The van der Waals surface area contributed by atoms with Gasteiger partial charge in [-0.3, -0.25) is 4.21 Å². The quantitative estimate of drug-likeness (QED) is 0.164. The Hall–Kier alpha value is -5.23. The highest BCUT2D eigenvalue weighted by molar-refractivity contribution is 8.05. The van der Waals surface area contributed by atoms with Crippen molar-refractivity contribution in [2.75, 3.05) is 0 Å². The standard InChI is InChI=1S/C53H48O3S2/c1-28-20-34(52(5,6)7)21-29(2)44(28)48-40-26-33-25-39-41(27-32(33)24-38(40)46-36-16-12-14-18-42(36)57(11,54)50(46)48)49(45-30(3)22-35(23-31(45)4)53(8,9)10)51-47(39)37-17-13-15-19-43(37)58(51,55)56/h12-27H,11H2,1-10H3. The molecule has 5 heteroatoms. The monoisotopic (exact) mass is 796 g/mol. The highest BCUT2D eigenvalue weighted by atomic mass is 32.2. The number of benzene rings is 6. The molecule has 0 saturated heterocycles. The molecule has 0 saturated carbocycles. The van der Waals surface area contributed by atoms with Crippen molar-refractivity contribution in [3.8, 4) is 0 Å². The van der Waals surface area contributed by atoms with E-state index in [-0.39, 0.29) is 10.8 Å². The molecule has 1 unspecified atom stereocenters. The van der Waals surface area contributed by atoms with Crippen molar-refractivity contribution in [3.63, 3.8) is 0 Å². The highest BCUT2D eigenvalue weighted by Gasteiger charge is 2.44. The minimum absolute atomic E-state index is 0.0296. The Morgan fingerprint density at radius 3 is 1.28 bits per heavy atom. The van der Waals surface area contributed by atoms with E-state index < -0.39 is 19.4 Å². The lowest BCUT2D eigenvalue weighted by Gasteiger charge is -2.24. The number of fused-ring (bicyclic) bond motifs is 9. The molecule has 4 aliphatic rings. The van der Waals surface area contributed by atoms with Crippen molar-refractivity contribution in [3.05, 3.63) is 184 Å². The second kappa shape index (κ2) is 11.7. The first-order valence-corrected chi connectivity index (χ1v) is 23.3. The summed E-state index contributed by atoms with van der Waals surface area (Å²) in [7, 11) is -6.68. The van der Waals surface area contributed by atoms with Crippen LogP contribution in [0.4, 0.5) is 0 Å². The van der Waals surface area contributed by atoms with Crippen LogP contribution in [-0.4, -0.2) is 18.5 Å². The smallest absolute Gasteiger partial charge is 0.208 e. The van der Waals surface area contributed by atoms with Crippen molar-refractivity contribution in [1.29, 1.82) is 0 Å². The Morgan fingerprint density at radius 1 is 0.448 bits per heavy atom. The number of hydrogen-bond donors (Lipinski definition) is 0. The summed E-state index contributed by atoms with van der Waals surface area (Å²) < 4.78 is 44.7. The van der Waals surface area contributed by atoms with Gasteiger partial charge in [-0.05, 0) is 163 Å². The van der Waals surface area contributed by atoms with Gasteiger partial charge in [-0.15, -0.1) is 0 Å². The summed E-state index contributed by atoms with van der Waals surface area (Å²) in [5.41, 5.74) is 16.1. The van der Waals surface area contributed by atoms with E-state index in [0.717, 1.165) is 109 Å². The molecular formula is C53H48O3S2. The van der Waals surface area contributed by atoms with Gasteiger partial charge in [-0.25, -0.2) is 8.42 Å². The van der Waals surface area contributed by atoms with E-state index in [1.54, 1.807) is 6.07 Å². The molecule has 2 aliphatic heterocycles. The number of hydrogen-bond acceptors (Lipinski definition) is 3. The lowest BCUT2D eigenvalue weighted by Crippen LogP contribution is -2.18. The third-order valence-corrected chi connectivity index (χ3v) is 17.0. The maximum Gasteiger partial charge on any atom is 0.208 e. The van der Waals surface area contributed by atoms with Crippen LogP contribution in [0, 0.1) is 27.7 Å². The topological polar surface area (TPSA) is 51.2 Å². The third kappa shape index (κ3) is 4.87. The van der Waals surface area contributed by atoms with Gasteiger partial charge in [0.2, 0.25) is 9.84 Å². The number of aryl methyl sites for hydroxylation is 4. The van der Waals surface area contributed by atoms with Gasteiger partial charge in [0.05, 0.1) is 14.7 Å². The van der Waals surface area contributed by atoms with Gasteiger partial charge in [0.15, 0.2) is 0 Å². The minimum atomic E-state index is -3.82. The Labute approximate surface area is 343 Å². The SMILES string of the molecule is C=S1(=O)C2=C(c3ccccc31)c1cc3cc4c(cc3cc1=C2c1c(C)cc(C(C)(C)C)cc1C)C1=C(C=4c2c(C)cc(C(C)(C)C)cc2C)S(=O)(=O)c2ccccc21. The van der Waals surface area contributed by atoms with Crippen LogP contribution in [-0.2, 0) is 30.2 Å². The maximum absolute atomic E-state index is 15.2. The van der Waals surface area contributed by atoms with E-state index in [0.29, 0.717) is 9.80 Å². The molecule has 0 amide bonds. The van der Waals surface area contributed by atoms with Crippen LogP contribution >= 0.6 is 0 Å². The average molecular weight is 797 g/mol. The van der Waals surface area contributed by atoms with E-state index in [2.05, 4.69) is 130 Å². The molecule has 3 nitrogen and oxygen atoms in total. The van der Waals surface area contributed by atoms with Crippen molar-refractivity contribution >= 4 is 58.3 Å². The van der Waals surface area contributed by atoms with E-state index in [4.69, 9.17) is 0 Å². The molecule has 58 heavy (non-hydrogen) atoms. The van der Waals surface area contributed by atoms with Gasteiger partial charge in [0, 0.05) is 42.3 Å². The zero-order valence-electron chi connectivity index (χ0n) is 35.0. The molecule has 1 atom stereocenters. The van der Waals surface area contributed by atoms with Crippen molar-refractivity contribution in [2.45, 2.75) is 89.9 Å². The first-order valence-electron chi connectivity index (χ1n) is 20.1. The van der Waals surface area contributed by atoms with Gasteiger partial charge < -0.3 is 0 Å². The summed E-state index contributed by atoms with van der Waals surface area (Å²) in [4.78, 5) is 2.37. The largest absolute Gasteiger partial charge is 0.258 e. The van der Waals surface area contributed by atoms with Crippen LogP contribution in [0.15, 0.2) is 117 Å². The van der Waals surface area contributed by atoms with Gasteiger partial charge in [-0.1, -0.05) is 102 Å². The fourth-order valence-corrected chi connectivity index (χ4v) is 14.3. The lowest BCUT2D eigenvalue weighted by atomic mass is 9.82. The van der Waals surface area contributed by atoms with Gasteiger partial charge >= 0.3 is 0 Å². The van der Waals surface area contributed by atoms with Crippen molar-refractivity contribution in [1.82, 2.24) is 0 Å². The molecule has 0 spiro atoms. The first kappa shape index (κ1) is 37.1. The van der Waals surface area contributed by atoms with E-state index in [1.165, 1.54) is 11.1 Å². The number of sulfone groups is 1. The molecule has 0 radical (unpaired) electrons. The minimum Gasteiger partial charge on any atom is -0.258 e. The summed E-state index contributed by atoms with van der Waals surface area (Å²) in [6, 6.07) is 33.4. The normalized spacial score (nSPS) is 18.8. The van der Waals surface area contributed by atoms with Crippen molar-refractivity contribution in [2.24, 2.45) is 0 Å². The van der Waals surface area contributed by atoms with E-state index in [9.17, 15) is 8.42 Å². The molecule has 6 aromatic carbocycles. The van der Waals surface area contributed by atoms with Gasteiger partial charge in [-0.2, -0.15) is 0 Å². The molecule has 6 aromatic rings. The Kier molecular flexibility index (Phi) is 7.48. The summed E-state index contributed by atoms with van der Waals surface area (Å²) in [5, 5.41) is 3.98. The second-order valence-electron chi connectivity index (χ2n) is 18.9. The van der Waals surface area contributed by atoms with Crippen LogP contribution in [0.1, 0.15) is 108 Å². The van der Waals surface area contributed by atoms with Crippen LogP contribution < -0.4 is 10.4 Å². The lowest BCUT2D eigenvalue weighted by molar-refractivity contribution is 0.589. The Bertz CT molecular complexity index is 3120. The molecule has 0 bridgehead atoms. The molecule has 10 rings (SSSR count). The predicted octanol–water partition coefficient (Wildman–Crippen LogP) is 10.5. The predicted molar refractivity (Wildman–Crippen MR) is 243 cm³/mol. The maximum atomic E-state index is 15.2. The van der Waals surface area contributed by atoms with Crippen LogP contribution in [0.25, 0.3) is 33.1 Å². The highest BCUT2D eigenvalue weighted by Crippen LogP contribution is 2.53. The molecule has 0 aromatic heterocycles. The second-order valence-corrected chi connectivity index (χ2v) is 23.0. The van der Waals surface area contributed by atoms with Gasteiger partial charge in [0.25, 0.3) is 0 Å². The molecule has 290 valence electrons. The van der Waals surface area contributed by atoms with Crippen LogP contribution in [0.2, 0.25) is 0 Å². The van der Waals surface area contributed by atoms with E-state index in [1.807, 2.05) is 36.4 Å². The molecule has 2 aliphatic carbocycles. The summed E-state index contributed by atoms with van der Waals surface area (Å²) >= 11 is 0. The average Bonchev–Trinajstić information content (AvgIpc) is 3.79. The number of rotatable bonds is 2. The zero-order valence-corrected chi connectivity index (χ0v) is 36.6. The number of allylic oxidation sites excluding steroid dienone is 2. The fraction of sp³-hybridized carbons (Fsp3) is 0.226. The van der Waals surface area contributed by atoms with Crippen LogP contribution in [0.3, 0.4) is 0 Å². The Morgan fingerprint density at radius 2 is 0.828 bits per heavy atom. The van der Waals surface area contributed by atoms with Crippen LogP contribution in [0.5, 0.6) is 0 Å². The van der Waals surface area contributed by atoms with Gasteiger partial charge in [0.1, 0.15) is 0 Å².